The summed E-state index contributed by atoms with van der Waals surface area (Å²) in [6.45, 7) is 9.12. The van der Waals surface area contributed by atoms with Crippen molar-refractivity contribution in [1.82, 2.24) is 10.2 Å². The molecule has 1 fully saturated rings. The molecule has 0 bridgehead atoms. The van der Waals surface area contributed by atoms with E-state index in [1.807, 2.05) is 0 Å². The zero-order valence-corrected chi connectivity index (χ0v) is 9.91. The monoisotopic (exact) mass is 226 g/mol. The second kappa shape index (κ2) is 8.30. The highest BCUT2D eigenvalue weighted by Crippen LogP contribution is 1.97. The van der Waals surface area contributed by atoms with Gasteiger partial charge in [-0.25, -0.2) is 0 Å². The van der Waals surface area contributed by atoms with Gasteiger partial charge in [-0.05, 0) is 19.4 Å². The molecule has 4 nitrogen and oxygen atoms in total. The Morgan fingerprint density at radius 2 is 2.19 bits per heavy atom. The molecule has 0 atom stereocenters. The van der Waals surface area contributed by atoms with Crippen molar-refractivity contribution in [1.29, 1.82) is 0 Å². The maximum absolute atomic E-state index is 11.3. The van der Waals surface area contributed by atoms with E-state index in [4.69, 9.17) is 4.74 Å². The number of amides is 1. The van der Waals surface area contributed by atoms with Gasteiger partial charge in [-0.15, -0.1) is 6.58 Å². The number of hydrogen-bond acceptors (Lipinski definition) is 3. The van der Waals surface area contributed by atoms with E-state index in [0.29, 0.717) is 6.42 Å². The van der Waals surface area contributed by atoms with Gasteiger partial charge in [-0.1, -0.05) is 6.08 Å². The molecule has 1 heterocycles. The molecule has 0 spiro atoms. The van der Waals surface area contributed by atoms with Gasteiger partial charge < -0.3 is 10.1 Å². The van der Waals surface area contributed by atoms with Crippen molar-refractivity contribution in [3.8, 4) is 0 Å². The molecule has 0 aromatic carbocycles. The van der Waals surface area contributed by atoms with Crippen molar-refractivity contribution in [3.05, 3.63) is 12.7 Å². The van der Waals surface area contributed by atoms with Crippen molar-refractivity contribution in [2.75, 3.05) is 39.4 Å². The Labute approximate surface area is 97.6 Å². The predicted octanol–water partition coefficient (Wildman–Crippen LogP) is 0.791. The summed E-state index contributed by atoms with van der Waals surface area (Å²) in [5, 5.41) is 2.91. The molecule has 0 saturated carbocycles. The lowest BCUT2D eigenvalue weighted by Crippen LogP contribution is -2.38. The number of allylic oxidation sites excluding steroid dienone is 1. The first-order valence-electron chi connectivity index (χ1n) is 6.00. The van der Waals surface area contributed by atoms with Crippen LogP contribution < -0.4 is 5.32 Å². The number of carbonyl (C=O) groups excluding carboxylic acids is 1. The van der Waals surface area contributed by atoms with Gasteiger partial charge in [0.25, 0.3) is 0 Å². The molecule has 1 N–H and O–H groups in total. The van der Waals surface area contributed by atoms with Gasteiger partial charge in [0.2, 0.25) is 5.91 Å². The molecule has 1 saturated heterocycles. The van der Waals surface area contributed by atoms with E-state index in [1.165, 1.54) is 0 Å². The second-order valence-corrected chi connectivity index (χ2v) is 3.98. The van der Waals surface area contributed by atoms with Crippen LogP contribution in [0.4, 0.5) is 0 Å². The maximum atomic E-state index is 11.3. The van der Waals surface area contributed by atoms with Crippen molar-refractivity contribution in [2.45, 2.75) is 19.3 Å². The molecule has 1 aliphatic rings. The van der Waals surface area contributed by atoms with E-state index >= 15 is 0 Å². The first kappa shape index (κ1) is 13.2. The van der Waals surface area contributed by atoms with Crippen LogP contribution in [-0.4, -0.2) is 50.2 Å². The van der Waals surface area contributed by atoms with Gasteiger partial charge in [-0.3, -0.25) is 9.69 Å². The molecule has 0 unspecified atom stereocenters. The maximum Gasteiger partial charge on any atom is 0.220 e. The van der Waals surface area contributed by atoms with Crippen LogP contribution in [0, 0.1) is 0 Å². The van der Waals surface area contributed by atoms with Gasteiger partial charge in [0.05, 0.1) is 13.2 Å². The quantitative estimate of drug-likeness (QED) is 0.515. The van der Waals surface area contributed by atoms with Crippen LogP contribution in [0.15, 0.2) is 12.7 Å². The molecular formula is C12H22N2O2. The molecular weight excluding hydrogens is 204 g/mol. The van der Waals surface area contributed by atoms with Crippen molar-refractivity contribution < 1.29 is 9.53 Å². The topological polar surface area (TPSA) is 41.6 Å². The Hall–Kier alpha value is -0.870. The first-order chi connectivity index (χ1) is 7.83. The third-order valence-corrected chi connectivity index (χ3v) is 2.65. The highest BCUT2D eigenvalue weighted by atomic mass is 16.5. The molecule has 4 heteroatoms. The van der Waals surface area contributed by atoms with Crippen LogP contribution >= 0.6 is 0 Å². The summed E-state index contributed by atoms with van der Waals surface area (Å²) < 4.78 is 5.27. The smallest absolute Gasteiger partial charge is 0.220 e. The largest absolute Gasteiger partial charge is 0.379 e. The van der Waals surface area contributed by atoms with Gasteiger partial charge in [-0.2, -0.15) is 0 Å². The summed E-state index contributed by atoms with van der Waals surface area (Å²) in [6, 6.07) is 0. The van der Waals surface area contributed by atoms with Crippen molar-refractivity contribution in [2.24, 2.45) is 0 Å². The number of nitrogens with zero attached hydrogens (tertiary/aromatic N) is 1. The number of carbonyl (C=O) groups is 1. The minimum Gasteiger partial charge on any atom is -0.379 e. The summed E-state index contributed by atoms with van der Waals surface area (Å²) in [7, 11) is 0. The van der Waals surface area contributed by atoms with Crippen LogP contribution in [0.2, 0.25) is 0 Å². The van der Waals surface area contributed by atoms with Gasteiger partial charge in [0.1, 0.15) is 0 Å². The SMILES string of the molecule is C=CCCC(=O)NCCCN1CCOCC1. The molecule has 16 heavy (non-hydrogen) atoms. The van der Waals surface area contributed by atoms with E-state index in [9.17, 15) is 4.79 Å². The Balaban J connectivity index is 1.94. The van der Waals surface area contributed by atoms with Crippen molar-refractivity contribution in [3.63, 3.8) is 0 Å². The summed E-state index contributed by atoms with van der Waals surface area (Å²) in [5.74, 6) is 0.127. The highest BCUT2D eigenvalue weighted by molar-refractivity contribution is 5.75. The molecule has 0 aromatic rings. The fourth-order valence-corrected chi connectivity index (χ4v) is 1.68. The van der Waals surface area contributed by atoms with E-state index in [-0.39, 0.29) is 5.91 Å². The minimum absolute atomic E-state index is 0.127. The van der Waals surface area contributed by atoms with Gasteiger partial charge >= 0.3 is 0 Å². The summed E-state index contributed by atoms with van der Waals surface area (Å²) in [4.78, 5) is 13.6. The summed E-state index contributed by atoms with van der Waals surface area (Å²) >= 11 is 0. The van der Waals surface area contributed by atoms with Gasteiger partial charge in [0.15, 0.2) is 0 Å². The molecule has 0 radical (unpaired) electrons. The fraction of sp³-hybridized carbons (Fsp3) is 0.750. The van der Waals surface area contributed by atoms with E-state index < -0.39 is 0 Å². The van der Waals surface area contributed by atoms with Crippen molar-refractivity contribution >= 4 is 5.91 Å². The third-order valence-electron chi connectivity index (χ3n) is 2.65. The molecule has 0 aliphatic carbocycles. The zero-order chi connectivity index (χ0) is 11.6. The van der Waals surface area contributed by atoms with E-state index in [1.54, 1.807) is 6.08 Å². The fourth-order valence-electron chi connectivity index (χ4n) is 1.68. The Bertz CT molecular complexity index is 213. The van der Waals surface area contributed by atoms with Crippen LogP contribution in [0.1, 0.15) is 19.3 Å². The van der Waals surface area contributed by atoms with Gasteiger partial charge in [0, 0.05) is 26.1 Å². The molecule has 1 amide bonds. The first-order valence-corrected chi connectivity index (χ1v) is 6.00. The number of rotatable bonds is 7. The lowest BCUT2D eigenvalue weighted by molar-refractivity contribution is -0.121. The third kappa shape index (κ3) is 5.88. The zero-order valence-electron chi connectivity index (χ0n) is 9.91. The Kier molecular flexibility index (Phi) is 6.85. The number of nitrogens with one attached hydrogen (secondary N) is 1. The number of morpholine rings is 1. The predicted molar refractivity (Wildman–Crippen MR) is 64.3 cm³/mol. The standard InChI is InChI=1S/C12H22N2O2/c1-2-3-5-12(15)13-6-4-7-14-8-10-16-11-9-14/h2H,1,3-11H2,(H,13,15). The minimum atomic E-state index is 0.127. The lowest BCUT2D eigenvalue weighted by atomic mass is 10.3. The van der Waals surface area contributed by atoms with Crippen LogP contribution in [0.25, 0.3) is 0 Å². The number of ether oxygens (including phenoxy) is 1. The summed E-state index contributed by atoms with van der Waals surface area (Å²) in [6.07, 6.45) is 4.10. The average Bonchev–Trinajstić information content (AvgIpc) is 2.33. The number of hydrogen-bond donors (Lipinski definition) is 1. The second-order valence-electron chi connectivity index (χ2n) is 3.98. The molecule has 92 valence electrons. The van der Waals surface area contributed by atoms with E-state index in [2.05, 4.69) is 16.8 Å². The molecule has 1 rings (SSSR count). The van der Waals surface area contributed by atoms with Crippen LogP contribution in [-0.2, 0) is 9.53 Å². The molecule has 1 aliphatic heterocycles. The van der Waals surface area contributed by atoms with Crippen LogP contribution in [0.3, 0.4) is 0 Å². The highest BCUT2D eigenvalue weighted by Gasteiger charge is 2.09. The van der Waals surface area contributed by atoms with E-state index in [0.717, 1.165) is 52.2 Å². The normalized spacial score (nSPS) is 17.0. The lowest BCUT2D eigenvalue weighted by Gasteiger charge is -2.26. The van der Waals surface area contributed by atoms with Crippen LogP contribution in [0.5, 0.6) is 0 Å². The summed E-state index contributed by atoms with van der Waals surface area (Å²) in [5.41, 5.74) is 0. The Morgan fingerprint density at radius 1 is 1.44 bits per heavy atom. The molecule has 0 aromatic heterocycles. The average molecular weight is 226 g/mol. The Morgan fingerprint density at radius 3 is 2.88 bits per heavy atom.